The molecule has 1 unspecified atom stereocenters. The van der Waals surface area contributed by atoms with Crippen LogP contribution in [0.1, 0.15) is 18.7 Å². The zero-order valence-electron chi connectivity index (χ0n) is 11.6. The summed E-state index contributed by atoms with van der Waals surface area (Å²) >= 11 is 0. The van der Waals surface area contributed by atoms with Gasteiger partial charge < -0.3 is 19.9 Å². The normalized spacial score (nSPS) is 12.3. The second-order valence-electron chi connectivity index (χ2n) is 4.23. The largest absolute Gasteiger partial charge is 0.493 e. The maximum absolute atomic E-state index is 5.98. The van der Waals surface area contributed by atoms with Crippen molar-refractivity contribution in [1.29, 1.82) is 0 Å². The van der Waals surface area contributed by atoms with E-state index in [1.165, 1.54) is 0 Å². The predicted molar refractivity (Wildman–Crippen MR) is 74.0 cm³/mol. The van der Waals surface area contributed by atoms with Gasteiger partial charge in [0.05, 0.1) is 32.4 Å². The van der Waals surface area contributed by atoms with E-state index < -0.39 is 0 Å². The zero-order valence-corrected chi connectivity index (χ0v) is 11.6. The molecule has 0 aliphatic rings. The minimum absolute atomic E-state index is 0.198. The lowest BCUT2D eigenvalue weighted by atomic mass is 10.0. The van der Waals surface area contributed by atoms with Crippen LogP contribution in [-0.4, -0.2) is 26.3 Å². The molecule has 0 aliphatic carbocycles. The molecule has 19 heavy (non-hydrogen) atoms. The Bertz CT molecular complexity index is 597. The Morgan fingerprint density at radius 2 is 1.79 bits per heavy atom. The van der Waals surface area contributed by atoms with Gasteiger partial charge >= 0.3 is 0 Å². The molecule has 0 radical (unpaired) electrons. The molecule has 1 aromatic heterocycles. The van der Waals surface area contributed by atoms with E-state index in [2.05, 4.69) is 4.98 Å². The number of pyridine rings is 1. The molecular formula is C14H18N2O3. The van der Waals surface area contributed by atoms with E-state index in [1.54, 1.807) is 27.5 Å². The fourth-order valence-electron chi connectivity index (χ4n) is 2.18. The summed E-state index contributed by atoms with van der Waals surface area (Å²) in [7, 11) is 4.76. The Hall–Kier alpha value is -2.01. The van der Waals surface area contributed by atoms with E-state index in [1.807, 2.05) is 19.1 Å². The highest BCUT2D eigenvalue weighted by Gasteiger charge is 2.20. The molecule has 0 saturated heterocycles. The van der Waals surface area contributed by atoms with Crippen LogP contribution in [0.3, 0.4) is 0 Å². The fraction of sp³-hybridized carbons (Fsp3) is 0.357. The molecule has 5 heteroatoms. The Balaban J connectivity index is 2.90. The van der Waals surface area contributed by atoms with Gasteiger partial charge in [-0.3, -0.25) is 4.98 Å². The number of rotatable bonds is 4. The number of hydrogen-bond donors (Lipinski definition) is 1. The number of methoxy groups -OCH3 is 3. The highest BCUT2D eigenvalue weighted by atomic mass is 16.5. The lowest BCUT2D eigenvalue weighted by Crippen LogP contribution is -2.09. The molecule has 102 valence electrons. The summed E-state index contributed by atoms with van der Waals surface area (Å²) in [6, 6.07) is 3.59. The summed E-state index contributed by atoms with van der Waals surface area (Å²) in [5.74, 6) is 1.76. The van der Waals surface area contributed by atoms with E-state index in [0.717, 1.165) is 16.5 Å². The molecule has 1 heterocycles. The number of ether oxygens (including phenoxy) is 3. The number of nitrogens with zero attached hydrogens (tertiary/aromatic N) is 1. The van der Waals surface area contributed by atoms with Crippen LogP contribution in [0.5, 0.6) is 17.2 Å². The van der Waals surface area contributed by atoms with Gasteiger partial charge in [0.2, 0.25) is 5.75 Å². The SMILES string of the molecule is COc1cc2ccnc(C(C)N)c2c(OC)c1OC. The summed E-state index contributed by atoms with van der Waals surface area (Å²) in [5, 5.41) is 1.81. The van der Waals surface area contributed by atoms with Crippen molar-refractivity contribution in [2.45, 2.75) is 13.0 Å². The van der Waals surface area contributed by atoms with E-state index >= 15 is 0 Å². The number of nitrogens with two attached hydrogens (primary N) is 1. The summed E-state index contributed by atoms with van der Waals surface area (Å²) < 4.78 is 16.2. The van der Waals surface area contributed by atoms with Gasteiger partial charge in [0, 0.05) is 12.2 Å². The Kier molecular flexibility index (Phi) is 3.76. The van der Waals surface area contributed by atoms with Gasteiger partial charge in [-0.25, -0.2) is 0 Å². The van der Waals surface area contributed by atoms with E-state index in [4.69, 9.17) is 19.9 Å². The van der Waals surface area contributed by atoms with Crippen LogP contribution >= 0.6 is 0 Å². The van der Waals surface area contributed by atoms with Gasteiger partial charge in [0.1, 0.15) is 0 Å². The molecular weight excluding hydrogens is 244 g/mol. The van der Waals surface area contributed by atoms with E-state index in [9.17, 15) is 0 Å². The quantitative estimate of drug-likeness (QED) is 0.915. The number of fused-ring (bicyclic) bond motifs is 1. The van der Waals surface area contributed by atoms with Crippen LogP contribution in [0.4, 0.5) is 0 Å². The van der Waals surface area contributed by atoms with Crippen LogP contribution in [-0.2, 0) is 0 Å². The average molecular weight is 262 g/mol. The first-order chi connectivity index (χ1) is 9.13. The molecule has 5 nitrogen and oxygen atoms in total. The molecule has 0 fully saturated rings. The number of benzene rings is 1. The fourth-order valence-corrected chi connectivity index (χ4v) is 2.18. The molecule has 0 spiro atoms. The minimum Gasteiger partial charge on any atom is -0.493 e. The van der Waals surface area contributed by atoms with Crippen molar-refractivity contribution in [3.63, 3.8) is 0 Å². The standard InChI is InChI=1S/C14H18N2O3/c1-8(15)12-11-9(5-6-16-12)7-10(17-2)13(18-3)14(11)19-4/h5-8H,15H2,1-4H3. The van der Waals surface area contributed by atoms with E-state index in [-0.39, 0.29) is 6.04 Å². The molecule has 0 bridgehead atoms. The summed E-state index contributed by atoms with van der Waals surface area (Å²) in [6.07, 6.45) is 1.73. The van der Waals surface area contributed by atoms with Crippen molar-refractivity contribution in [1.82, 2.24) is 4.98 Å². The number of aromatic nitrogens is 1. The second-order valence-corrected chi connectivity index (χ2v) is 4.23. The Morgan fingerprint density at radius 1 is 1.11 bits per heavy atom. The van der Waals surface area contributed by atoms with Gasteiger partial charge in [-0.05, 0) is 24.4 Å². The molecule has 0 amide bonds. The van der Waals surface area contributed by atoms with Crippen molar-refractivity contribution >= 4 is 10.8 Å². The van der Waals surface area contributed by atoms with Gasteiger partial charge in [-0.1, -0.05) is 0 Å². The maximum atomic E-state index is 5.98. The molecule has 1 atom stereocenters. The van der Waals surface area contributed by atoms with Crippen molar-refractivity contribution < 1.29 is 14.2 Å². The van der Waals surface area contributed by atoms with Gasteiger partial charge in [-0.2, -0.15) is 0 Å². The maximum Gasteiger partial charge on any atom is 0.204 e. The minimum atomic E-state index is -0.198. The monoisotopic (exact) mass is 262 g/mol. The van der Waals surface area contributed by atoms with Gasteiger partial charge in [0.15, 0.2) is 11.5 Å². The molecule has 0 saturated carbocycles. The third-order valence-electron chi connectivity index (χ3n) is 3.02. The van der Waals surface area contributed by atoms with Crippen LogP contribution in [0.15, 0.2) is 18.3 Å². The highest BCUT2D eigenvalue weighted by molar-refractivity contribution is 5.95. The van der Waals surface area contributed by atoms with E-state index in [0.29, 0.717) is 17.2 Å². The first kappa shape index (κ1) is 13.4. The summed E-state index contributed by atoms with van der Waals surface area (Å²) in [6.45, 7) is 1.89. The number of hydrogen-bond acceptors (Lipinski definition) is 5. The van der Waals surface area contributed by atoms with Gasteiger partial charge in [-0.15, -0.1) is 0 Å². The molecule has 2 aromatic rings. The Morgan fingerprint density at radius 3 is 2.32 bits per heavy atom. The van der Waals surface area contributed by atoms with Crippen molar-refractivity contribution in [3.05, 3.63) is 24.0 Å². The van der Waals surface area contributed by atoms with Crippen molar-refractivity contribution in [2.24, 2.45) is 5.73 Å². The first-order valence-corrected chi connectivity index (χ1v) is 5.97. The topological polar surface area (TPSA) is 66.6 Å². The van der Waals surface area contributed by atoms with Gasteiger partial charge in [0.25, 0.3) is 0 Å². The average Bonchev–Trinajstić information content (AvgIpc) is 2.43. The summed E-state index contributed by atoms with van der Waals surface area (Å²) in [5.41, 5.74) is 6.75. The smallest absolute Gasteiger partial charge is 0.204 e. The zero-order chi connectivity index (χ0) is 14.0. The second kappa shape index (κ2) is 5.32. The molecule has 2 N–H and O–H groups in total. The van der Waals surface area contributed by atoms with Crippen LogP contribution in [0.2, 0.25) is 0 Å². The highest BCUT2D eigenvalue weighted by Crippen LogP contribution is 2.44. The summed E-state index contributed by atoms with van der Waals surface area (Å²) in [4.78, 5) is 4.34. The third kappa shape index (κ3) is 2.17. The van der Waals surface area contributed by atoms with Crippen LogP contribution in [0.25, 0.3) is 10.8 Å². The lowest BCUT2D eigenvalue weighted by molar-refractivity contribution is 0.327. The third-order valence-corrected chi connectivity index (χ3v) is 3.02. The molecule has 1 aromatic carbocycles. The Labute approximate surface area is 112 Å². The van der Waals surface area contributed by atoms with Crippen molar-refractivity contribution in [2.75, 3.05) is 21.3 Å². The van der Waals surface area contributed by atoms with Crippen LogP contribution in [0, 0.1) is 0 Å². The lowest BCUT2D eigenvalue weighted by Gasteiger charge is -2.17. The van der Waals surface area contributed by atoms with Crippen molar-refractivity contribution in [3.8, 4) is 17.2 Å². The van der Waals surface area contributed by atoms with Crippen LogP contribution < -0.4 is 19.9 Å². The first-order valence-electron chi connectivity index (χ1n) is 5.97. The molecule has 0 aliphatic heterocycles. The predicted octanol–water partition coefficient (Wildman–Crippen LogP) is 2.28. The molecule has 2 rings (SSSR count).